The number of hydrogen-bond acceptors (Lipinski definition) is 1. The molecule has 2 aromatic rings. The van der Waals surface area contributed by atoms with Crippen LogP contribution in [-0.2, 0) is 12.8 Å². The maximum atomic E-state index is 5.31. The van der Waals surface area contributed by atoms with Crippen molar-refractivity contribution < 1.29 is 4.74 Å². The Balaban J connectivity index is 2.05. The smallest absolute Gasteiger partial charge is 0.119 e. The lowest BCUT2D eigenvalue weighted by Crippen LogP contribution is -2.12. The van der Waals surface area contributed by atoms with Gasteiger partial charge < -0.3 is 4.74 Å². The number of ether oxygens (including phenoxy) is 1. The van der Waals surface area contributed by atoms with E-state index in [1.54, 1.807) is 12.7 Å². The second-order valence-electron chi connectivity index (χ2n) is 5.32. The molecule has 0 spiro atoms. The van der Waals surface area contributed by atoms with E-state index in [2.05, 4.69) is 49.4 Å². The molecule has 19 heavy (non-hydrogen) atoms. The Hall–Kier alpha value is -1.76. The van der Waals surface area contributed by atoms with Crippen LogP contribution in [0.1, 0.15) is 24.5 Å². The van der Waals surface area contributed by atoms with Gasteiger partial charge in [-0.1, -0.05) is 30.4 Å². The van der Waals surface area contributed by atoms with Crippen molar-refractivity contribution in [3.05, 3.63) is 53.6 Å². The zero-order chi connectivity index (χ0) is 13.2. The van der Waals surface area contributed by atoms with Gasteiger partial charge in [-0.2, -0.15) is 0 Å². The van der Waals surface area contributed by atoms with Crippen LogP contribution in [0.5, 0.6) is 5.75 Å². The standard InChI is InChI=1S/C18H20O/c1-3-4-13-5-9-17-14(11-13)6-7-15-12-16(19-2)8-10-18(15)17/h3-4,6-8,10,12-13H,5,9,11H2,1-2H3/b4-3+. The molecule has 0 bridgehead atoms. The molecule has 0 N–H and O–H groups in total. The van der Waals surface area contributed by atoms with Crippen molar-refractivity contribution in [1.29, 1.82) is 0 Å². The number of hydrogen-bond donors (Lipinski definition) is 0. The van der Waals surface area contributed by atoms with Crippen LogP contribution in [-0.4, -0.2) is 7.11 Å². The van der Waals surface area contributed by atoms with Gasteiger partial charge in [0.25, 0.3) is 0 Å². The molecular formula is C18H20O. The van der Waals surface area contributed by atoms with E-state index in [1.165, 1.54) is 35.6 Å². The van der Waals surface area contributed by atoms with Gasteiger partial charge in [-0.15, -0.1) is 0 Å². The fourth-order valence-corrected chi connectivity index (χ4v) is 3.18. The van der Waals surface area contributed by atoms with Crippen LogP contribution in [0.25, 0.3) is 10.8 Å². The van der Waals surface area contributed by atoms with Crippen molar-refractivity contribution in [1.82, 2.24) is 0 Å². The Bertz CT molecular complexity index is 625. The van der Waals surface area contributed by atoms with Gasteiger partial charge in [-0.05, 0) is 66.1 Å². The first-order valence-electron chi connectivity index (χ1n) is 7.03. The Morgan fingerprint density at radius 3 is 2.89 bits per heavy atom. The molecule has 0 amide bonds. The average Bonchev–Trinajstić information content (AvgIpc) is 2.46. The number of benzene rings is 2. The predicted molar refractivity (Wildman–Crippen MR) is 80.8 cm³/mol. The van der Waals surface area contributed by atoms with Gasteiger partial charge in [0, 0.05) is 0 Å². The molecule has 1 unspecified atom stereocenters. The summed E-state index contributed by atoms with van der Waals surface area (Å²) in [5.41, 5.74) is 3.06. The average molecular weight is 252 g/mol. The highest BCUT2D eigenvalue weighted by Crippen LogP contribution is 2.33. The molecule has 1 nitrogen and oxygen atoms in total. The lowest BCUT2D eigenvalue weighted by Gasteiger charge is -2.23. The summed E-state index contributed by atoms with van der Waals surface area (Å²) in [6.07, 6.45) is 8.17. The number of methoxy groups -OCH3 is 1. The molecular weight excluding hydrogens is 232 g/mol. The van der Waals surface area contributed by atoms with E-state index in [-0.39, 0.29) is 0 Å². The van der Waals surface area contributed by atoms with Gasteiger partial charge in [0.05, 0.1) is 7.11 Å². The third-order valence-electron chi connectivity index (χ3n) is 4.15. The minimum Gasteiger partial charge on any atom is -0.497 e. The topological polar surface area (TPSA) is 9.23 Å². The molecule has 98 valence electrons. The third kappa shape index (κ3) is 2.25. The van der Waals surface area contributed by atoms with Crippen LogP contribution in [0.15, 0.2) is 42.5 Å². The van der Waals surface area contributed by atoms with Crippen molar-refractivity contribution >= 4 is 10.8 Å². The summed E-state index contributed by atoms with van der Waals surface area (Å²) in [6.45, 7) is 2.11. The normalized spacial score (nSPS) is 18.7. The molecule has 1 aliphatic rings. The molecule has 2 aromatic carbocycles. The number of aryl methyl sites for hydroxylation is 1. The SMILES string of the molecule is C/C=C/C1CCc2c(ccc3cc(OC)ccc23)C1. The molecule has 0 radical (unpaired) electrons. The molecule has 0 heterocycles. The maximum absolute atomic E-state index is 5.31. The summed E-state index contributed by atoms with van der Waals surface area (Å²) in [5.74, 6) is 1.66. The third-order valence-corrected chi connectivity index (χ3v) is 4.15. The van der Waals surface area contributed by atoms with Crippen molar-refractivity contribution in [3.8, 4) is 5.75 Å². The summed E-state index contributed by atoms with van der Waals surface area (Å²) in [7, 11) is 1.72. The summed E-state index contributed by atoms with van der Waals surface area (Å²) >= 11 is 0. The van der Waals surface area contributed by atoms with Gasteiger partial charge in [-0.25, -0.2) is 0 Å². The fourth-order valence-electron chi connectivity index (χ4n) is 3.18. The monoisotopic (exact) mass is 252 g/mol. The van der Waals surface area contributed by atoms with E-state index >= 15 is 0 Å². The number of rotatable bonds is 2. The summed E-state index contributed by atoms with van der Waals surface area (Å²) in [5, 5.41) is 2.69. The second-order valence-corrected chi connectivity index (χ2v) is 5.32. The highest BCUT2D eigenvalue weighted by Gasteiger charge is 2.18. The van der Waals surface area contributed by atoms with E-state index in [9.17, 15) is 0 Å². The fraction of sp³-hybridized carbons (Fsp3) is 0.333. The molecule has 0 aliphatic heterocycles. The second kappa shape index (κ2) is 5.08. The van der Waals surface area contributed by atoms with Crippen LogP contribution in [0.3, 0.4) is 0 Å². The number of allylic oxidation sites excluding steroid dienone is 2. The number of fused-ring (bicyclic) bond motifs is 3. The van der Waals surface area contributed by atoms with E-state index in [0.717, 1.165) is 5.75 Å². The molecule has 1 aliphatic carbocycles. The van der Waals surface area contributed by atoms with Gasteiger partial charge in [0.1, 0.15) is 5.75 Å². The van der Waals surface area contributed by atoms with Crippen LogP contribution >= 0.6 is 0 Å². The van der Waals surface area contributed by atoms with Crippen LogP contribution in [0, 0.1) is 5.92 Å². The van der Waals surface area contributed by atoms with Crippen LogP contribution < -0.4 is 4.74 Å². The Labute approximate surface area is 114 Å². The molecule has 1 atom stereocenters. The van der Waals surface area contributed by atoms with Gasteiger partial charge >= 0.3 is 0 Å². The Morgan fingerprint density at radius 1 is 1.21 bits per heavy atom. The molecule has 1 heteroatoms. The van der Waals surface area contributed by atoms with Gasteiger partial charge in [0.15, 0.2) is 0 Å². The van der Waals surface area contributed by atoms with Crippen molar-refractivity contribution in [3.63, 3.8) is 0 Å². The van der Waals surface area contributed by atoms with E-state index in [4.69, 9.17) is 4.74 Å². The van der Waals surface area contributed by atoms with E-state index < -0.39 is 0 Å². The van der Waals surface area contributed by atoms with Crippen molar-refractivity contribution in [2.45, 2.75) is 26.2 Å². The minimum absolute atomic E-state index is 0.716. The zero-order valence-corrected chi connectivity index (χ0v) is 11.6. The quantitative estimate of drug-likeness (QED) is 0.713. The Morgan fingerprint density at radius 2 is 2.11 bits per heavy atom. The first-order chi connectivity index (χ1) is 9.31. The highest BCUT2D eigenvalue weighted by atomic mass is 16.5. The summed E-state index contributed by atoms with van der Waals surface area (Å²) < 4.78 is 5.31. The molecule has 0 saturated carbocycles. The summed E-state index contributed by atoms with van der Waals surface area (Å²) in [4.78, 5) is 0. The summed E-state index contributed by atoms with van der Waals surface area (Å²) in [6, 6.07) is 10.9. The molecule has 0 fully saturated rings. The van der Waals surface area contributed by atoms with Gasteiger partial charge in [0.2, 0.25) is 0 Å². The molecule has 0 aromatic heterocycles. The molecule has 0 saturated heterocycles. The minimum atomic E-state index is 0.716. The van der Waals surface area contributed by atoms with Gasteiger partial charge in [-0.3, -0.25) is 0 Å². The predicted octanol–water partition coefficient (Wildman–Crippen LogP) is 4.53. The van der Waals surface area contributed by atoms with Crippen LogP contribution in [0.2, 0.25) is 0 Å². The zero-order valence-electron chi connectivity index (χ0n) is 11.6. The van der Waals surface area contributed by atoms with Crippen molar-refractivity contribution in [2.75, 3.05) is 7.11 Å². The van der Waals surface area contributed by atoms with Crippen LogP contribution in [0.4, 0.5) is 0 Å². The lowest BCUT2D eigenvalue weighted by molar-refractivity contribution is 0.415. The highest BCUT2D eigenvalue weighted by molar-refractivity contribution is 5.88. The lowest BCUT2D eigenvalue weighted by atomic mass is 9.81. The van der Waals surface area contributed by atoms with Crippen molar-refractivity contribution in [2.24, 2.45) is 5.92 Å². The van der Waals surface area contributed by atoms with E-state index in [0.29, 0.717) is 5.92 Å². The molecule has 3 rings (SSSR count). The first-order valence-corrected chi connectivity index (χ1v) is 7.03. The first kappa shape index (κ1) is 12.3. The maximum Gasteiger partial charge on any atom is 0.119 e. The Kier molecular flexibility index (Phi) is 3.29. The largest absolute Gasteiger partial charge is 0.497 e. The van der Waals surface area contributed by atoms with E-state index in [1.807, 2.05) is 0 Å².